The number of aromatic nitrogens is 1. The summed E-state index contributed by atoms with van der Waals surface area (Å²) in [7, 11) is 3.57. The number of hydrogen-bond donors (Lipinski definition) is 0. The molecule has 2 aliphatic rings. The summed E-state index contributed by atoms with van der Waals surface area (Å²) in [4.78, 5) is 9.06. The number of hydrogen-bond acceptors (Lipinski definition) is 6. The first kappa shape index (κ1) is 20.6. The Morgan fingerprint density at radius 3 is 2.83 bits per heavy atom. The smallest absolute Gasteiger partial charge is 0.142 e. The molecule has 0 spiro atoms. The monoisotopic (exact) mass is 410 g/mol. The Morgan fingerprint density at radius 1 is 1.37 bits per heavy atom. The molecule has 30 heavy (non-hydrogen) atoms. The van der Waals surface area contributed by atoms with Gasteiger partial charge in [-0.2, -0.15) is 5.26 Å². The topological polar surface area (TPSA) is 64.9 Å². The van der Waals surface area contributed by atoms with Crippen LogP contribution >= 0.6 is 0 Å². The number of benzene rings is 1. The molecule has 7 heteroatoms. The van der Waals surface area contributed by atoms with E-state index in [4.69, 9.17) is 9.47 Å². The third-order valence-corrected chi connectivity index (χ3v) is 6.08. The number of halogens is 1. The molecule has 0 radical (unpaired) electrons. The number of rotatable bonds is 6. The van der Waals surface area contributed by atoms with Gasteiger partial charge in [0, 0.05) is 38.3 Å². The summed E-state index contributed by atoms with van der Waals surface area (Å²) >= 11 is 0. The van der Waals surface area contributed by atoms with Crippen molar-refractivity contribution in [2.24, 2.45) is 5.92 Å². The van der Waals surface area contributed by atoms with Crippen molar-refractivity contribution in [2.45, 2.75) is 32.6 Å². The highest BCUT2D eigenvalue weighted by molar-refractivity contribution is 5.49. The molecule has 1 aromatic heterocycles. The molecule has 0 amide bonds. The van der Waals surface area contributed by atoms with Gasteiger partial charge in [0.2, 0.25) is 0 Å². The molecule has 4 rings (SSSR count). The van der Waals surface area contributed by atoms with Crippen molar-refractivity contribution in [1.82, 2.24) is 9.88 Å². The number of anilines is 1. The first-order valence-electron chi connectivity index (χ1n) is 10.2. The Kier molecular flexibility index (Phi) is 5.63. The van der Waals surface area contributed by atoms with Crippen molar-refractivity contribution in [1.29, 1.82) is 5.26 Å². The number of methoxy groups -OCH3 is 1. The third-order valence-electron chi connectivity index (χ3n) is 6.08. The molecule has 2 saturated heterocycles. The second-order valence-electron chi connectivity index (χ2n) is 8.23. The molecule has 2 aromatic rings. The predicted molar refractivity (Wildman–Crippen MR) is 112 cm³/mol. The first-order valence-corrected chi connectivity index (χ1v) is 10.2. The molecule has 0 saturated carbocycles. The third kappa shape index (κ3) is 3.98. The average Bonchev–Trinajstić information content (AvgIpc) is 3.37. The molecule has 2 unspecified atom stereocenters. The Labute approximate surface area is 176 Å². The van der Waals surface area contributed by atoms with E-state index in [1.807, 2.05) is 27.0 Å². The van der Waals surface area contributed by atoms with E-state index in [0.29, 0.717) is 22.8 Å². The zero-order valence-corrected chi connectivity index (χ0v) is 17.9. The van der Waals surface area contributed by atoms with E-state index in [0.717, 1.165) is 43.1 Å². The highest BCUT2D eigenvalue weighted by Gasteiger charge is 2.48. The molecule has 6 nitrogen and oxygen atoms in total. The van der Waals surface area contributed by atoms with Crippen LogP contribution in [0.15, 0.2) is 24.3 Å². The largest absolute Gasteiger partial charge is 0.497 e. The maximum atomic E-state index is 14.3. The Morgan fingerprint density at radius 2 is 2.17 bits per heavy atom. The summed E-state index contributed by atoms with van der Waals surface area (Å²) in [6.45, 7) is 6.56. The van der Waals surface area contributed by atoms with E-state index in [1.54, 1.807) is 12.1 Å². The molecule has 2 aliphatic heterocycles. The second-order valence-corrected chi connectivity index (χ2v) is 8.23. The van der Waals surface area contributed by atoms with E-state index in [1.165, 1.54) is 13.2 Å². The number of nitrogens with zero attached hydrogens (tertiary/aromatic N) is 4. The van der Waals surface area contributed by atoms with E-state index in [2.05, 4.69) is 20.9 Å². The van der Waals surface area contributed by atoms with E-state index in [9.17, 15) is 9.65 Å². The van der Waals surface area contributed by atoms with Crippen molar-refractivity contribution < 1.29 is 13.9 Å². The van der Waals surface area contributed by atoms with Crippen molar-refractivity contribution in [3.8, 4) is 11.8 Å². The van der Waals surface area contributed by atoms with Gasteiger partial charge in [0.15, 0.2) is 0 Å². The Balaban J connectivity index is 1.35. The quantitative estimate of drug-likeness (QED) is 0.679. The van der Waals surface area contributed by atoms with Gasteiger partial charge in [0.1, 0.15) is 35.8 Å². The van der Waals surface area contributed by atoms with Crippen LogP contribution in [0.2, 0.25) is 0 Å². The molecule has 1 aromatic carbocycles. The van der Waals surface area contributed by atoms with Crippen LogP contribution in [0.1, 0.15) is 34.9 Å². The van der Waals surface area contributed by atoms with Crippen LogP contribution in [-0.4, -0.2) is 49.9 Å². The van der Waals surface area contributed by atoms with Gasteiger partial charge in [-0.15, -0.1) is 0 Å². The van der Waals surface area contributed by atoms with E-state index in [-0.39, 0.29) is 18.1 Å². The lowest BCUT2D eigenvalue weighted by atomic mass is 10.1. The molecular formula is C23H27FN4O2. The Hall–Kier alpha value is -2.69. The van der Waals surface area contributed by atoms with Crippen LogP contribution < -0.4 is 9.64 Å². The standard InChI is InChI=1S/C23H27FN4O2/c1-14-9-21(26-15(2)19(14)11-25)27(3)12-16-7-8-28(13-16)23-22(30-23)18-6-5-17(29-4)10-20(18)24/h5-6,9-10,16,22-23H,7-8,12-13H2,1-4H3/t16-,22?,23?/m1/s1. The van der Waals surface area contributed by atoms with E-state index >= 15 is 0 Å². The highest BCUT2D eigenvalue weighted by Crippen LogP contribution is 2.44. The number of aryl methyl sites for hydroxylation is 2. The maximum Gasteiger partial charge on any atom is 0.142 e. The van der Waals surface area contributed by atoms with Gasteiger partial charge < -0.3 is 14.4 Å². The predicted octanol–water partition coefficient (Wildman–Crippen LogP) is 3.57. The lowest BCUT2D eigenvalue weighted by Gasteiger charge is -2.23. The SMILES string of the molecule is COc1ccc(C2OC2N2CC[C@H](CN(C)c3cc(C)c(C#N)c(C)n3)C2)c(F)c1. The highest BCUT2D eigenvalue weighted by atomic mass is 19.1. The minimum Gasteiger partial charge on any atom is -0.497 e. The van der Waals surface area contributed by atoms with Crippen molar-refractivity contribution in [3.63, 3.8) is 0 Å². The first-order chi connectivity index (χ1) is 14.4. The normalized spacial score (nSPS) is 23.3. The van der Waals surface area contributed by atoms with Gasteiger partial charge in [-0.25, -0.2) is 9.37 Å². The molecule has 0 bridgehead atoms. The molecule has 2 fully saturated rings. The number of ether oxygens (including phenoxy) is 2. The lowest BCUT2D eigenvalue weighted by molar-refractivity contribution is 0.204. The number of nitriles is 1. The van der Waals surface area contributed by atoms with Gasteiger partial charge in [-0.1, -0.05) is 0 Å². The van der Waals surface area contributed by atoms with Crippen molar-refractivity contribution in [2.75, 3.05) is 38.7 Å². The van der Waals surface area contributed by atoms with Crippen LogP contribution in [-0.2, 0) is 4.74 Å². The molecule has 3 atom stereocenters. The second kappa shape index (κ2) is 8.21. The summed E-state index contributed by atoms with van der Waals surface area (Å²) in [5.41, 5.74) is 2.97. The van der Waals surface area contributed by atoms with Crippen LogP contribution in [0.3, 0.4) is 0 Å². The number of epoxide rings is 1. The van der Waals surface area contributed by atoms with Gasteiger partial charge in [0.25, 0.3) is 0 Å². The summed E-state index contributed by atoms with van der Waals surface area (Å²) in [6.07, 6.45) is 0.801. The van der Waals surface area contributed by atoms with Crippen LogP contribution in [0.25, 0.3) is 0 Å². The van der Waals surface area contributed by atoms with Crippen LogP contribution in [0.5, 0.6) is 5.75 Å². The fraction of sp³-hybridized carbons (Fsp3) is 0.478. The summed E-state index contributed by atoms with van der Waals surface area (Å²) in [5.74, 6) is 1.61. The van der Waals surface area contributed by atoms with Gasteiger partial charge >= 0.3 is 0 Å². The van der Waals surface area contributed by atoms with Crippen LogP contribution in [0.4, 0.5) is 10.2 Å². The van der Waals surface area contributed by atoms with Gasteiger partial charge in [-0.05, 0) is 49.9 Å². The average molecular weight is 410 g/mol. The zero-order valence-electron chi connectivity index (χ0n) is 17.9. The lowest BCUT2D eigenvalue weighted by Crippen LogP contribution is -2.30. The summed E-state index contributed by atoms with van der Waals surface area (Å²) in [6, 6.07) is 9.13. The number of likely N-dealkylation sites (tertiary alicyclic amines) is 1. The molecule has 158 valence electrons. The van der Waals surface area contributed by atoms with Crippen LogP contribution in [0, 0.1) is 36.9 Å². The molecular weight excluding hydrogens is 383 g/mol. The fourth-order valence-electron chi connectivity index (χ4n) is 4.37. The molecule has 0 aliphatic carbocycles. The minimum absolute atomic E-state index is 0.0549. The number of pyridine rings is 1. The molecule has 0 N–H and O–H groups in total. The molecule has 3 heterocycles. The maximum absolute atomic E-state index is 14.3. The minimum atomic E-state index is -0.282. The zero-order chi connectivity index (χ0) is 21.4. The van der Waals surface area contributed by atoms with Crippen molar-refractivity contribution >= 4 is 5.82 Å². The summed E-state index contributed by atoms with van der Waals surface area (Å²) < 4.78 is 25.2. The van der Waals surface area contributed by atoms with Gasteiger partial charge in [0.05, 0.1) is 18.4 Å². The van der Waals surface area contributed by atoms with Crippen molar-refractivity contribution in [3.05, 3.63) is 52.5 Å². The van der Waals surface area contributed by atoms with Gasteiger partial charge in [-0.3, -0.25) is 4.90 Å². The van der Waals surface area contributed by atoms with E-state index < -0.39 is 0 Å². The fourth-order valence-corrected chi connectivity index (χ4v) is 4.37. The summed E-state index contributed by atoms with van der Waals surface area (Å²) in [5, 5.41) is 9.24. The Bertz CT molecular complexity index is 967.